The fraction of sp³-hybridized carbons (Fsp3) is 0. The van der Waals surface area contributed by atoms with Gasteiger partial charge >= 0.3 is 0 Å². The third-order valence-corrected chi connectivity index (χ3v) is 6.18. The average molecular weight is 500 g/mol. The molecule has 2 heterocycles. The van der Waals surface area contributed by atoms with Crippen LogP contribution in [0.5, 0.6) is 0 Å². The Morgan fingerprint density at radius 3 is 1.69 bits per heavy atom. The van der Waals surface area contributed by atoms with Gasteiger partial charge in [0, 0.05) is 58.3 Å². The molecule has 182 valence electrons. The van der Waals surface area contributed by atoms with Crippen molar-refractivity contribution in [1.82, 2.24) is 9.97 Å². The zero-order valence-corrected chi connectivity index (χ0v) is 20.8. The van der Waals surface area contributed by atoms with Gasteiger partial charge < -0.3 is 5.32 Å². The van der Waals surface area contributed by atoms with Crippen LogP contribution in [0.4, 0.5) is 5.69 Å². The van der Waals surface area contributed by atoms with Gasteiger partial charge in [-0.25, -0.2) is 0 Å². The van der Waals surface area contributed by atoms with Crippen LogP contribution in [0.3, 0.4) is 0 Å². The monoisotopic (exact) mass is 499 g/mol. The van der Waals surface area contributed by atoms with Crippen molar-refractivity contribution in [3.05, 3.63) is 150 Å². The number of fused-ring (bicyclic) bond motifs is 2. The lowest BCUT2D eigenvalue weighted by atomic mass is 10.0. The number of amides is 1. The summed E-state index contributed by atoms with van der Waals surface area (Å²) in [6.07, 6.45) is 6.82. The zero-order chi connectivity index (χ0) is 26.4. The summed E-state index contributed by atoms with van der Waals surface area (Å²) in [6, 6.07) is 31.4. The Balaban J connectivity index is 1.33. The van der Waals surface area contributed by atoms with Crippen molar-refractivity contribution in [1.29, 1.82) is 0 Å². The summed E-state index contributed by atoms with van der Waals surface area (Å²) in [4.78, 5) is 21.6. The second-order valence-electron chi connectivity index (χ2n) is 9.00. The van der Waals surface area contributed by atoms with Gasteiger partial charge in [0.2, 0.25) is 0 Å². The van der Waals surface area contributed by atoms with Crippen molar-refractivity contribution in [2.45, 2.75) is 0 Å². The van der Waals surface area contributed by atoms with Crippen LogP contribution in [0, 0.1) is 23.7 Å². The highest BCUT2D eigenvalue weighted by molar-refractivity contribution is 6.06. The molecule has 4 nitrogen and oxygen atoms in total. The summed E-state index contributed by atoms with van der Waals surface area (Å²) in [7, 11) is 0. The summed E-state index contributed by atoms with van der Waals surface area (Å²) < 4.78 is 0. The number of carbonyl (C=O) groups is 1. The van der Waals surface area contributed by atoms with Gasteiger partial charge in [-0.2, -0.15) is 0 Å². The molecule has 4 heteroatoms. The molecule has 0 spiro atoms. The van der Waals surface area contributed by atoms with Gasteiger partial charge in [0.05, 0.1) is 0 Å². The van der Waals surface area contributed by atoms with E-state index in [-0.39, 0.29) is 5.91 Å². The molecular formula is C35H21N3O. The Bertz CT molecular complexity index is 1880. The highest BCUT2D eigenvalue weighted by atomic mass is 16.1. The molecule has 0 saturated carbocycles. The van der Waals surface area contributed by atoms with E-state index in [4.69, 9.17) is 0 Å². The summed E-state index contributed by atoms with van der Waals surface area (Å²) in [5, 5.41) is 7.57. The van der Waals surface area contributed by atoms with E-state index in [0.717, 1.165) is 33.0 Å². The smallest absolute Gasteiger partial charge is 0.255 e. The molecular weight excluding hydrogens is 478 g/mol. The van der Waals surface area contributed by atoms with Crippen LogP contribution in [0.1, 0.15) is 32.6 Å². The highest BCUT2D eigenvalue weighted by Crippen LogP contribution is 2.25. The largest absolute Gasteiger partial charge is 0.322 e. The van der Waals surface area contributed by atoms with Gasteiger partial charge in [-0.15, -0.1) is 0 Å². The molecule has 0 aliphatic rings. The standard InChI is InChI=1S/C35H21N3O/c39-35(38-34-14-13-31-20-29-7-1-2-8-30(29)21-32(31)22-34)33-18-27(11-9-25-5-3-15-36-23-25)17-28(19-33)12-10-26-6-4-16-37-24-26/h1-8,13-24H,(H,38,39). The molecule has 0 aliphatic carbocycles. The van der Waals surface area contributed by atoms with Gasteiger partial charge in [-0.3, -0.25) is 14.8 Å². The van der Waals surface area contributed by atoms with Crippen molar-refractivity contribution in [2.75, 3.05) is 5.32 Å². The average Bonchev–Trinajstić information content (AvgIpc) is 2.99. The number of carbonyl (C=O) groups excluding carboxylic acids is 1. The maximum atomic E-state index is 13.4. The molecule has 0 atom stereocenters. The van der Waals surface area contributed by atoms with Crippen LogP contribution < -0.4 is 5.32 Å². The minimum absolute atomic E-state index is 0.232. The Morgan fingerprint density at radius 2 is 1.10 bits per heavy atom. The number of nitrogens with one attached hydrogen (secondary N) is 1. The number of rotatable bonds is 2. The molecule has 0 radical (unpaired) electrons. The van der Waals surface area contributed by atoms with Crippen LogP contribution >= 0.6 is 0 Å². The first-order valence-electron chi connectivity index (χ1n) is 12.4. The fourth-order valence-electron chi connectivity index (χ4n) is 4.29. The highest BCUT2D eigenvalue weighted by Gasteiger charge is 2.10. The van der Waals surface area contributed by atoms with Crippen LogP contribution in [-0.2, 0) is 0 Å². The van der Waals surface area contributed by atoms with Gasteiger partial charge in [0.1, 0.15) is 0 Å². The molecule has 6 rings (SSSR count). The number of aromatic nitrogens is 2. The maximum Gasteiger partial charge on any atom is 0.255 e. The number of benzene rings is 4. The van der Waals surface area contributed by atoms with Gasteiger partial charge in [-0.1, -0.05) is 54.0 Å². The molecule has 1 amide bonds. The second-order valence-corrected chi connectivity index (χ2v) is 9.00. The van der Waals surface area contributed by atoms with Crippen LogP contribution in [0.15, 0.2) is 122 Å². The van der Waals surface area contributed by atoms with E-state index in [1.54, 1.807) is 36.9 Å². The first kappa shape index (κ1) is 23.7. The van der Waals surface area contributed by atoms with E-state index >= 15 is 0 Å². The lowest BCUT2D eigenvalue weighted by Crippen LogP contribution is -2.12. The molecule has 0 bridgehead atoms. The first-order chi connectivity index (χ1) is 19.2. The Hall–Kier alpha value is -5.71. The van der Waals surface area contributed by atoms with Crippen molar-refractivity contribution in [2.24, 2.45) is 0 Å². The Kier molecular flexibility index (Phi) is 6.51. The van der Waals surface area contributed by atoms with E-state index in [9.17, 15) is 4.79 Å². The molecule has 0 aliphatic heterocycles. The summed E-state index contributed by atoms with van der Waals surface area (Å²) in [5.41, 5.74) is 4.15. The number of nitrogens with zero attached hydrogens (tertiary/aromatic N) is 2. The molecule has 0 fully saturated rings. The Morgan fingerprint density at radius 1 is 0.538 bits per heavy atom. The number of hydrogen-bond acceptors (Lipinski definition) is 3. The summed E-state index contributed by atoms with van der Waals surface area (Å²) in [5.74, 6) is 12.3. The van der Waals surface area contributed by atoms with Gasteiger partial charge in [-0.05, 0) is 88.3 Å². The number of hydrogen-bond donors (Lipinski definition) is 1. The van der Waals surface area contributed by atoms with E-state index in [0.29, 0.717) is 16.7 Å². The predicted molar refractivity (Wildman–Crippen MR) is 156 cm³/mol. The lowest BCUT2D eigenvalue weighted by molar-refractivity contribution is 0.102. The first-order valence-corrected chi connectivity index (χ1v) is 12.4. The fourth-order valence-corrected chi connectivity index (χ4v) is 4.29. The normalized spacial score (nSPS) is 10.3. The Labute approximate surface area is 226 Å². The van der Waals surface area contributed by atoms with E-state index in [1.165, 1.54) is 5.39 Å². The zero-order valence-electron chi connectivity index (χ0n) is 20.8. The van der Waals surface area contributed by atoms with Crippen LogP contribution in [-0.4, -0.2) is 15.9 Å². The summed E-state index contributed by atoms with van der Waals surface area (Å²) >= 11 is 0. The minimum atomic E-state index is -0.232. The van der Waals surface area contributed by atoms with Crippen molar-refractivity contribution in [3.8, 4) is 23.7 Å². The maximum absolute atomic E-state index is 13.4. The van der Waals surface area contributed by atoms with E-state index < -0.39 is 0 Å². The van der Waals surface area contributed by atoms with Crippen LogP contribution in [0.2, 0.25) is 0 Å². The van der Waals surface area contributed by atoms with E-state index in [2.05, 4.69) is 63.2 Å². The van der Waals surface area contributed by atoms with Crippen molar-refractivity contribution in [3.63, 3.8) is 0 Å². The third-order valence-electron chi connectivity index (χ3n) is 6.18. The summed E-state index contributed by atoms with van der Waals surface area (Å²) in [6.45, 7) is 0. The molecule has 0 saturated heterocycles. The molecule has 4 aromatic carbocycles. The molecule has 39 heavy (non-hydrogen) atoms. The topological polar surface area (TPSA) is 54.9 Å². The third kappa shape index (κ3) is 5.67. The number of anilines is 1. The second kappa shape index (κ2) is 10.7. The quantitative estimate of drug-likeness (QED) is 0.210. The predicted octanol–water partition coefficient (Wildman–Crippen LogP) is 6.83. The minimum Gasteiger partial charge on any atom is -0.322 e. The van der Waals surface area contributed by atoms with Crippen LogP contribution in [0.25, 0.3) is 21.5 Å². The van der Waals surface area contributed by atoms with Crippen molar-refractivity contribution >= 4 is 33.1 Å². The van der Waals surface area contributed by atoms with Gasteiger partial charge in [0.25, 0.3) is 5.91 Å². The molecule has 6 aromatic rings. The molecule has 1 N–H and O–H groups in total. The number of pyridine rings is 2. The lowest BCUT2D eigenvalue weighted by Gasteiger charge is -2.09. The van der Waals surface area contributed by atoms with E-state index in [1.807, 2.05) is 60.7 Å². The SMILES string of the molecule is O=C(Nc1ccc2cc3ccccc3cc2c1)c1cc(C#Cc2cccnc2)cc(C#Cc2cccnc2)c1. The molecule has 0 unspecified atom stereocenters. The van der Waals surface area contributed by atoms with Crippen molar-refractivity contribution < 1.29 is 4.79 Å². The van der Waals surface area contributed by atoms with Gasteiger partial charge in [0.15, 0.2) is 0 Å². The molecule has 2 aromatic heterocycles.